The Morgan fingerprint density at radius 1 is 1.38 bits per heavy atom. The van der Waals surface area contributed by atoms with Crippen molar-refractivity contribution >= 4 is 18.5 Å². The number of carbonyl (C=O) groups excluding carboxylic acids is 1. The lowest BCUT2D eigenvalue weighted by Gasteiger charge is -2.07. The van der Waals surface area contributed by atoms with Crippen LogP contribution in [-0.2, 0) is 18.8 Å². The molecule has 86 valence electrons. The Morgan fingerprint density at radius 2 is 2.12 bits per heavy atom. The highest BCUT2D eigenvalue weighted by Gasteiger charge is 2.06. The highest BCUT2D eigenvalue weighted by Crippen LogP contribution is 2.20. The van der Waals surface area contributed by atoms with Crippen molar-refractivity contribution in [2.75, 3.05) is 0 Å². The molecule has 1 aromatic carbocycles. The summed E-state index contributed by atoms with van der Waals surface area (Å²) >= 11 is 4.27. The number of ether oxygens (including phenoxy) is 1. The first-order valence-corrected chi connectivity index (χ1v) is 5.77. The largest absolute Gasteiger partial charge is 0.450 e. The van der Waals surface area contributed by atoms with Gasteiger partial charge in [0.25, 0.3) is 0 Å². The monoisotopic (exact) mass is 237 g/mol. The molecule has 0 aliphatic rings. The van der Waals surface area contributed by atoms with Gasteiger partial charge >= 0.3 is 6.09 Å². The summed E-state index contributed by atoms with van der Waals surface area (Å²) in [6.45, 7) is 2.15. The van der Waals surface area contributed by atoms with E-state index in [4.69, 9.17) is 4.74 Å². The summed E-state index contributed by atoms with van der Waals surface area (Å²) < 4.78 is 8.06. The number of benzene rings is 1. The third-order valence-electron chi connectivity index (χ3n) is 2.29. The van der Waals surface area contributed by atoms with E-state index in [9.17, 15) is 4.79 Å². The molecule has 16 heavy (non-hydrogen) atoms. The van der Waals surface area contributed by atoms with E-state index in [1.54, 1.807) is 6.07 Å². The summed E-state index contributed by atoms with van der Waals surface area (Å²) in [6, 6.07) is 7.49. The SMILES string of the molecule is CCCCCc1ccccc1OC(=O)N=S. The molecule has 0 fully saturated rings. The molecule has 0 aliphatic heterocycles. The second-order valence-electron chi connectivity index (χ2n) is 3.52. The molecule has 0 unspecified atom stereocenters. The zero-order chi connectivity index (χ0) is 11.8. The van der Waals surface area contributed by atoms with E-state index in [1.165, 1.54) is 12.8 Å². The number of hydrogen-bond donors (Lipinski definition) is 0. The molecule has 0 bridgehead atoms. The van der Waals surface area contributed by atoms with Crippen LogP contribution in [0.2, 0.25) is 0 Å². The molecule has 1 aromatic rings. The van der Waals surface area contributed by atoms with Gasteiger partial charge in [-0.15, -0.1) is 4.36 Å². The van der Waals surface area contributed by atoms with E-state index in [1.807, 2.05) is 18.2 Å². The van der Waals surface area contributed by atoms with Crippen molar-refractivity contribution < 1.29 is 9.53 Å². The molecule has 4 heteroatoms. The van der Waals surface area contributed by atoms with Crippen LogP contribution in [0.4, 0.5) is 4.79 Å². The smallest absolute Gasteiger partial charge is 0.408 e. The minimum atomic E-state index is -0.724. The van der Waals surface area contributed by atoms with Crippen LogP contribution in [0.5, 0.6) is 5.75 Å². The summed E-state index contributed by atoms with van der Waals surface area (Å²) in [7, 11) is 0. The van der Waals surface area contributed by atoms with Gasteiger partial charge in [-0.05, 0) is 24.5 Å². The highest BCUT2D eigenvalue weighted by molar-refractivity contribution is 7.47. The van der Waals surface area contributed by atoms with Gasteiger partial charge in [0.1, 0.15) is 5.75 Å². The topological polar surface area (TPSA) is 38.7 Å². The number of carbonyl (C=O) groups is 1. The van der Waals surface area contributed by atoms with Crippen LogP contribution in [-0.4, -0.2) is 6.09 Å². The molecule has 0 spiro atoms. The summed E-state index contributed by atoms with van der Waals surface area (Å²) in [4.78, 5) is 11.0. The highest BCUT2D eigenvalue weighted by atomic mass is 32.1. The Balaban J connectivity index is 2.67. The van der Waals surface area contributed by atoms with Crippen molar-refractivity contribution in [3.05, 3.63) is 29.8 Å². The van der Waals surface area contributed by atoms with Crippen molar-refractivity contribution in [2.24, 2.45) is 4.36 Å². The minimum Gasteiger partial charge on any atom is -0.408 e. The van der Waals surface area contributed by atoms with Crippen LogP contribution in [0.25, 0.3) is 0 Å². The summed E-state index contributed by atoms with van der Waals surface area (Å²) in [5.41, 5.74) is 1.03. The van der Waals surface area contributed by atoms with Gasteiger partial charge in [-0.25, -0.2) is 4.79 Å². The zero-order valence-electron chi connectivity index (χ0n) is 9.31. The van der Waals surface area contributed by atoms with Crippen molar-refractivity contribution in [3.8, 4) is 5.75 Å². The van der Waals surface area contributed by atoms with Crippen LogP contribution < -0.4 is 4.74 Å². The second-order valence-corrected chi connectivity index (χ2v) is 3.71. The molecule has 0 saturated heterocycles. The first kappa shape index (κ1) is 12.8. The zero-order valence-corrected chi connectivity index (χ0v) is 10.1. The number of unbranched alkanes of at least 4 members (excludes halogenated alkanes) is 2. The fourth-order valence-electron chi connectivity index (χ4n) is 1.49. The van der Waals surface area contributed by atoms with Gasteiger partial charge in [0, 0.05) is 12.4 Å². The maximum atomic E-state index is 11.0. The predicted octanol–water partition coefficient (Wildman–Crippen LogP) is 3.65. The second kappa shape index (κ2) is 7.06. The van der Waals surface area contributed by atoms with Crippen LogP contribution in [0.15, 0.2) is 28.6 Å². The van der Waals surface area contributed by atoms with Crippen LogP contribution in [0.1, 0.15) is 31.7 Å². The van der Waals surface area contributed by atoms with Gasteiger partial charge in [-0.2, -0.15) is 0 Å². The minimum absolute atomic E-state index is 0.567. The standard InChI is InChI=1S/C12H15NO2S/c1-2-3-4-7-10-8-5-6-9-11(10)15-12(14)13-16/h5-6,8-9H,2-4,7H2,1H3. The summed E-state index contributed by atoms with van der Waals surface area (Å²) in [5, 5.41) is 0. The number of amides is 1. The molecule has 0 N–H and O–H groups in total. The molecule has 0 heterocycles. The van der Waals surface area contributed by atoms with Gasteiger partial charge in [0.2, 0.25) is 0 Å². The molecular weight excluding hydrogens is 222 g/mol. The quantitative estimate of drug-likeness (QED) is 0.734. The van der Waals surface area contributed by atoms with Crippen molar-refractivity contribution in [1.82, 2.24) is 0 Å². The molecule has 0 radical (unpaired) electrons. The first-order valence-electron chi connectivity index (χ1n) is 5.41. The van der Waals surface area contributed by atoms with Crippen LogP contribution in [0, 0.1) is 0 Å². The first-order chi connectivity index (χ1) is 7.77. The summed E-state index contributed by atoms with van der Waals surface area (Å²) in [6.07, 6.45) is 3.63. The fourth-order valence-corrected chi connectivity index (χ4v) is 1.53. The number of aryl methyl sites for hydroxylation is 1. The van der Waals surface area contributed by atoms with E-state index in [0.717, 1.165) is 18.4 Å². The molecular formula is C12H15NO2S. The normalized spacial score (nSPS) is 9.81. The van der Waals surface area contributed by atoms with E-state index in [2.05, 4.69) is 23.7 Å². The van der Waals surface area contributed by atoms with Crippen molar-refractivity contribution in [1.29, 1.82) is 0 Å². The van der Waals surface area contributed by atoms with Gasteiger partial charge in [-0.1, -0.05) is 38.0 Å². The summed E-state index contributed by atoms with van der Waals surface area (Å²) in [5.74, 6) is 0.567. The number of para-hydroxylation sites is 1. The van der Waals surface area contributed by atoms with E-state index in [-0.39, 0.29) is 0 Å². The maximum absolute atomic E-state index is 11.0. The van der Waals surface area contributed by atoms with E-state index >= 15 is 0 Å². The molecule has 0 saturated carbocycles. The molecule has 0 aromatic heterocycles. The average molecular weight is 237 g/mol. The molecule has 1 amide bonds. The Bertz CT molecular complexity index is 366. The van der Waals surface area contributed by atoms with E-state index < -0.39 is 6.09 Å². The fraction of sp³-hybridized carbons (Fsp3) is 0.417. The third kappa shape index (κ3) is 4.06. The van der Waals surface area contributed by atoms with Crippen LogP contribution in [0.3, 0.4) is 0 Å². The van der Waals surface area contributed by atoms with Crippen molar-refractivity contribution in [2.45, 2.75) is 32.6 Å². The Hall–Kier alpha value is -1.29. The van der Waals surface area contributed by atoms with E-state index in [0.29, 0.717) is 5.75 Å². The lowest BCUT2D eigenvalue weighted by molar-refractivity contribution is 0.211. The van der Waals surface area contributed by atoms with Gasteiger partial charge in [-0.3, -0.25) is 0 Å². The number of nitrogens with zero attached hydrogens (tertiary/aromatic N) is 1. The lowest BCUT2D eigenvalue weighted by atomic mass is 10.1. The Morgan fingerprint density at radius 3 is 2.81 bits per heavy atom. The molecule has 3 nitrogen and oxygen atoms in total. The Kier molecular flexibility index (Phi) is 5.64. The van der Waals surface area contributed by atoms with Gasteiger partial charge < -0.3 is 4.74 Å². The number of rotatable bonds is 5. The molecule has 1 rings (SSSR count). The van der Waals surface area contributed by atoms with Gasteiger partial charge in [0.05, 0.1) is 0 Å². The van der Waals surface area contributed by atoms with Gasteiger partial charge in [0.15, 0.2) is 0 Å². The third-order valence-corrected chi connectivity index (χ3v) is 2.44. The number of hydrogen-bond acceptors (Lipinski definition) is 3. The maximum Gasteiger partial charge on any atom is 0.450 e. The lowest BCUT2D eigenvalue weighted by Crippen LogP contribution is -2.03. The van der Waals surface area contributed by atoms with Crippen molar-refractivity contribution in [3.63, 3.8) is 0 Å². The Labute approximate surface area is 101 Å². The average Bonchev–Trinajstić information content (AvgIpc) is 2.31. The molecule has 0 atom stereocenters. The van der Waals surface area contributed by atoms with Crippen LogP contribution >= 0.6 is 0 Å². The molecule has 0 aliphatic carbocycles. The predicted molar refractivity (Wildman–Crippen MR) is 65.5 cm³/mol.